The fraction of sp³-hybridized carbons (Fsp3) is 0.689. The van der Waals surface area contributed by atoms with E-state index in [2.05, 4.69) is 36.6 Å². The van der Waals surface area contributed by atoms with Crippen LogP contribution in [0.3, 0.4) is 0 Å². The second kappa shape index (κ2) is 22.8. The lowest BCUT2D eigenvalue weighted by atomic mass is 9.68. The van der Waals surface area contributed by atoms with Crippen LogP contribution in [0, 0.1) is 0 Å². The van der Waals surface area contributed by atoms with E-state index in [9.17, 15) is 9.59 Å². The highest BCUT2D eigenvalue weighted by atomic mass is 16.6. The molecule has 2 amide bonds. The number of nitrogens with one attached hydrogen (secondary N) is 2. The number of hydrogen-bond acceptors (Lipinski definition) is 4. The summed E-state index contributed by atoms with van der Waals surface area (Å²) in [6.45, 7) is 4.51. The molecule has 6 heteroatoms. The fourth-order valence-electron chi connectivity index (χ4n) is 8.65. The Morgan fingerprint density at radius 1 is 0.510 bits per heavy atom. The number of hydrogen-bond donors (Lipinski definition) is 2. The Bertz CT molecular complexity index is 1180. The van der Waals surface area contributed by atoms with Gasteiger partial charge in [-0.25, -0.2) is 9.59 Å². The first-order valence-electron chi connectivity index (χ1n) is 21.1. The molecule has 2 aromatic rings. The van der Waals surface area contributed by atoms with Gasteiger partial charge in [-0.1, -0.05) is 166 Å². The predicted octanol–water partition coefficient (Wildman–Crippen LogP) is 12.9. The minimum absolute atomic E-state index is 0.378. The number of para-hydroxylation sites is 2. The first-order valence-corrected chi connectivity index (χ1v) is 21.1. The molecule has 0 heterocycles. The largest absolute Gasteiger partial charge is 0.413 e. The van der Waals surface area contributed by atoms with E-state index in [-0.39, 0.29) is 12.2 Å². The molecule has 2 fully saturated rings. The van der Waals surface area contributed by atoms with Crippen LogP contribution in [-0.2, 0) is 12.8 Å². The average molecular weight is 703 g/mol. The number of carbonyl (C=O) groups is 2. The summed E-state index contributed by atoms with van der Waals surface area (Å²) in [5.74, 6) is 1.33. The molecule has 51 heavy (non-hydrogen) atoms. The zero-order valence-electron chi connectivity index (χ0n) is 32.3. The van der Waals surface area contributed by atoms with E-state index in [1.807, 2.05) is 36.4 Å². The molecule has 0 unspecified atom stereocenters. The third-order valence-corrected chi connectivity index (χ3v) is 11.5. The maximum atomic E-state index is 13.7. The molecule has 0 saturated heterocycles. The van der Waals surface area contributed by atoms with Crippen LogP contribution in [-0.4, -0.2) is 23.3 Å². The Hall–Kier alpha value is -3.02. The summed E-state index contributed by atoms with van der Waals surface area (Å²) >= 11 is 0. The van der Waals surface area contributed by atoms with Crippen LogP contribution >= 0.6 is 0 Å². The van der Waals surface area contributed by atoms with Gasteiger partial charge in [0, 0.05) is 11.1 Å². The van der Waals surface area contributed by atoms with Crippen LogP contribution in [0.2, 0.25) is 0 Å². The normalized spacial score (nSPS) is 16.7. The Balaban J connectivity index is 1.37. The highest BCUT2D eigenvalue weighted by molar-refractivity contribution is 5.73. The summed E-state index contributed by atoms with van der Waals surface area (Å²) in [4.78, 5) is 27.4. The zero-order chi connectivity index (χ0) is 36.0. The molecule has 6 nitrogen and oxygen atoms in total. The van der Waals surface area contributed by atoms with Gasteiger partial charge in [0.1, 0.15) is 11.5 Å². The summed E-state index contributed by atoms with van der Waals surface area (Å²) in [7, 11) is 0. The van der Waals surface area contributed by atoms with Crippen LogP contribution in [0.5, 0.6) is 11.5 Å². The molecular formula is C45H70N2O4. The number of benzene rings is 2. The molecule has 2 aromatic carbocycles. The minimum Gasteiger partial charge on any atom is -0.410 e. The summed E-state index contributed by atoms with van der Waals surface area (Å²) in [5.41, 5.74) is 1.34. The smallest absolute Gasteiger partial charge is 0.410 e. The van der Waals surface area contributed by atoms with Crippen molar-refractivity contribution in [1.29, 1.82) is 0 Å². The number of ether oxygens (including phenoxy) is 2. The second-order valence-electron chi connectivity index (χ2n) is 15.8. The van der Waals surface area contributed by atoms with E-state index < -0.39 is 11.1 Å². The molecule has 0 aliphatic heterocycles. The van der Waals surface area contributed by atoms with E-state index >= 15 is 0 Å². The average Bonchev–Trinajstić information content (AvgIpc) is 3.12. The van der Waals surface area contributed by atoms with E-state index in [0.29, 0.717) is 17.9 Å². The Kier molecular flexibility index (Phi) is 18.2. The van der Waals surface area contributed by atoms with Gasteiger partial charge < -0.3 is 20.1 Å². The lowest BCUT2D eigenvalue weighted by molar-refractivity contribution is 0.107. The molecule has 0 bridgehead atoms. The predicted molar refractivity (Wildman–Crippen MR) is 211 cm³/mol. The number of aryl methyl sites for hydroxylation is 2. The van der Waals surface area contributed by atoms with Gasteiger partial charge in [0.2, 0.25) is 0 Å². The molecule has 4 rings (SSSR count). The molecule has 284 valence electrons. The van der Waals surface area contributed by atoms with Gasteiger partial charge in [-0.05, 0) is 81.0 Å². The number of unbranched alkanes of at least 4 members (excludes halogenated alkanes) is 12. The summed E-state index contributed by atoms with van der Waals surface area (Å²) in [6.07, 6.45) is 29.5. The van der Waals surface area contributed by atoms with Crippen LogP contribution in [0.15, 0.2) is 48.5 Å². The first-order chi connectivity index (χ1) is 25.0. The molecule has 2 N–H and O–H groups in total. The highest BCUT2D eigenvalue weighted by Crippen LogP contribution is 2.41. The maximum absolute atomic E-state index is 13.7. The first kappa shape index (κ1) is 40.7. The van der Waals surface area contributed by atoms with Crippen molar-refractivity contribution >= 4 is 12.2 Å². The van der Waals surface area contributed by atoms with E-state index in [1.165, 1.54) is 77.0 Å². The molecule has 2 saturated carbocycles. The topological polar surface area (TPSA) is 76.7 Å². The number of carbonyl (C=O) groups excluding carboxylic acids is 2. The van der Waals surface area contributed by atoms with Gasteiger partial charge in [-0.15, -0.1) is 0 Å². The highest BCUT2D eigenvalue weighted by Gasteiger charge is 2.45. The molecule has 0 spiro atoms. The fourth-order valence-corrected chi connectivity index (χ4v) is 8.65. The standard InChI is InChI=1S/C45H70N2O4/c1-3-5-7-9-11-13-17-27-38-29-19-21-31-40(38)50-42(48)46-44(33-23-15-24-34-44)37-45(35-25-16-26-36-45)47-43(49)51-41-32-22-20-30-39(41)28-18-14-12-10-8-6-4-2/h19-22,29-32H,3-18,23-28,33-37H2,1-2H3,(H,46,48)(H,47,49). The van der Waals surface area contributed by atoms with Crippen LogP contribution < -0.4 is 20.1 Å². The molecular weight excluding hydrogens is 633 g/mol. The van der Waals surface area contributed by atoms with E-state index in [4.69, 9.17) is 9.47 Å². The van der Waals surface area contributed by atoms with Crippen molar-refractivity contribution in [3.05, 3.63) is 59.7 Å². The molecule has 0 atom stereocenters. The third kappa shape index (κ3) is 14.5. The summed E-state index contributed by atoms with van der Waals surface area (Å²) < 4.78 is 12.2. The van der Waals surface area contributed by atoms with E-state index in [0.717, 1.165) is 101 Å². The SMILES string of the molecule is CCCCCCCCCc1ccccc1OC(=O)NC1(CC2(NC(=O)Oc3ccccc3CCCCCCCCC)CCCCC2)CCCCC1. The van der Waals surface area contributed by atoms with Gasteiger partial charge in [0.25, 0.3) is 0 Å². The second-order valence-corrected chi connectivity index (χ2v) is 15.8. The van der Waals surface area contributed by atoms with Crippen molar-refractivity contribution < 1.29 is 19.1 Å². The molecule has 2 aliphatic carbocycles. The van der Waals surface area contributed by atoms with Gasteiger partial charge in [-0.2, -0.15) is 0 Å². The Morgan fingerprint density at radius 3 is 1.25 bits per heavy atom. The van der Waals surface area contributed by atoms with Gasteiger partial charge in [0.15, 0.2) is 0 Å². The lowest BCUT2D eigenvalue weighted by Crippen LogP contribution is -2.60. The van der Waals surface area contributed by atoms with Crippen molar-refractivity contribution in [3.63, 3.8) is 0 Å². The maximum Gasteiger partial charge on any atom is 0.413 e. The number of amides is 2. The van der Waals surface area contributed by atoms with Crippen LogP contribution in [0.1, 0.15) is 185 Å². The van der Waals surface area contributed by atoms with Crippen molar-refractivity contribution in [2.75, 3.05) is 0 Å². The summed E-state index contributed by atoms with van der Waals surface area (Å²) in [5, 5.41) is 6.80. The van der Waals surface area contributed by atoms with Crippen molar-refractivity contribution in [3.8, 4) is 11.5 Å². The Morgan fingerprint density at radius 2 is 0.863 bits per heavy atom. The van der Waals surface area contributed by atoms with Gasteiger partial charge in [-0.3, -0.25) is 0 Å². The molecule has 0 radical (unpaired) electrons. The van der Waals surface area contributed by atoms with Crippen LogP contribution in [0.25, 0.3) is 0 Å². The Labute approximate surface area is 310 Å². The molecule has 2 aliphatic rings. The number of rotatable bonds is 22. The lowest BCUT2D eigenvalue weighted by Gasteiger charge is -2.47. The van der Waals surface area contributed by atoms with Crippen molar-refractivity contribution in [2.45, 2.75) is 198 Å². The van der Waals surface area contributed by atoms with Crippen LogP contribution in [0.4, 0.5) is 9.59 Å². The van der Waals surface area contributed by atoms with Crippen molar-refractivity contribution in [2.24, 2.45) is 0 Å². The summed E-state index contributed by atoms with van der Waals surface area (Å²) in [6, 6.07) is 16.0. The van der Waals surface area contributed by atoms with E-state index in [1.54, 1.807) is 0 Å². The quantitative estimate of drug-likeness (QED) is 0.120. The van der Waals surface area contributed by atoms with Crippen molar-refractivity contribution in [1.82, 2.24) is 10.6 Å². The zero-order valence-corrected chi connectivity index (χ0v) is 32.3. The molecule has 0 aromatic heterocycles. The minimum atomic E-state index is -0.428. The van der Waals surface area contributed by atoms with Gasteiger partial charge >= 0.3 is 12.2 Å². The third-order valence-electron chi connectivity index (χ3n) is 11.5. The monoisotopic (exact) mass is 703 g/mol. The van der Waals surface area contributed by atoms with Gasteiger partial charge in [0.05, 0.1) is 0 Å².